The number of alkyl halides is 1. The van der Waals surface area contributed by atoms with Gasteiger partial charge in [0.25, 0.3) is 0 Å². The van der Waals surface area contributed by atoms with Crippen molar-refractivity contribution >= 4 is 29.1 Å². The van der Waals surface area contributed by atoms with Crippen molar-refractivity contribution in [2.24, 2.45) is 0 Å². The van der Waals surface area contributed by atoms with Crippen LogP contribution in [0.5, 0.6) is 5.75 Å². The van der Waals surface area contributed by atoms with Gasteiger partial charge in [-0.1, -0.05) is 0 Å². The van der Waals surface area contributed by atoms with E-state index in [1.54, 1.807) is 18.9 Å². The van der Waals surface area contributed by atoms with Gasteiger partial charge in [0.15, 0.2) is 5.78 Å². The van der Waals surface area contributed by atoms with Crippen LogP contribution < -0.4 is 4.74 Å². The molecular weight excluding hydrogens is 232 g/mol. The molecule has 0 aliphatic carbocycles. The molecule has 1 aromatic rings. The maximum atomic E-state index is 11.2. The quantitative estimate of drug-likeness (QED) is 0.601. The first-order chi connectivity index (χ1) is 7.10. The molecule has 1 rings (SSSR count). The summed E-state index contributed by atoms with van der Waals surface area (Å²) in [5.74, 6) is 0.580. The van der Waals surface area contributed by atoms with Gasteiger partial charge in [0.2, 0.25) is 0 Å². The summed E-state index contributed by atoms with van der Waals surface area (Å²) in [5.41, 5.74) is 0.735. The fourth-order valence-electron chi connectivity index (χ4n) is 1.26. The minimum atomic E-state index is -0.632. The molecule has 0 heterocycles. The third-order valence-electron chi connectivity index (χ3n) is 2.07. The minimum absolute atomic E-state index is 0.0757. The number of thioether (sulfide) groups is 1. The largest absolute Gasteiger partial charge is 0.496 e. The van der Waals surface area contributed by atoms with E-state index in [1.165, 1.54) is 6.92 Å². The van der Waals surface area contributed by atoms with Crippen LogP contribution in [0.25, 0.3) is 0 Å². The predicted octanol–water partition coefficient (Wildman–Crippen LogP) is 3.29. The molecule has 0 N–H and O–H groups in total. The Morgan fingerprint density at radius 1 is 1.53 bits per heavy atom. The smallest absolute Gasteiger partial charge is 0.152 e. The van der Waals surface area contributed by atoms with E-state index >= 15 is 0 Å². The molecule has 0 amide bonds. The van der Waals surface area contributed by atoms with E-state index in [-0.39, 0.29) is 5.78 Å². The molecule has 0 saturated heterocycles. The number of hydrogen-bond acceptors (Lipinski definition) is 3. The van der Waals surface area contributed by atoms with Gasteiger partial charge in [0.1, 0.15) is 11.1 Å². The Labute approximate surface area is 99.0 Å². The van der Waals surface area contributed by atoms with Gasteiger partial charge >= 0.3 is 0 Å². The Bertz CT molecular complexity index is 366. The molecule has 0 aliphatic heterocycles. The molecular formula is C11H13ClO2S. The maximum absolute atomic E-state index is 11.2. The zero-order valence-electron chi connectivity index (χ0n) is 8.91. The molecule has 4 heteroatoms. The van der Waals surface area contributed by atoms with Crippen molar-refractivity contribution in [2.75, 3.05) is 13.4 Å². The molecule has 0 fully saturated rings. The summed E-state index contributed by atoms with van der Waals surface area (Å²) in [7, 11) is 1.57. The summed E-state index contributed by atoms with van der Waals surface area (Å²) in [6.07, 6.45) is 1.97. The molecule has 0 aliphatic rings. The molecule has 15 heavy (non-hydrogen) atoms. The second kappa shape index (κ2) is 5.42. The summed E-state index contributed by atoms with van der Waals surface area (Å²) >= 11 is 7.62. The van der Waals surface area contributed by atoms with E-state index in [9.17, 15) is 4.79 Å². The molecule has 1 unspecified atom stereocenters. The number of carbonyl (C=O) groups is 1. The summed E-state index contributed by atoms with van der Waals surface area (Å²) in [6.45, 7) is 1.48. The standard InChI is InChI=1S/C11H13ClO2S/c1-7(13)11(12)9-6-8(15-3)4-5-10(9)14-2/h4-6,11H,1-3H3. The molecule has 1 aromatic carbocycles. The van der Waals surface area contributed by atoms with Gasteiger partial charge in [0.05, 0.1) is 7.11 Å². The predicted molar refractivity (Wildman–Crippen MR) is 64.1 cm³/mol. The monoisotopic (exact) mass is 244 g/mol. The van der Waals surface area contributed by atoms with Crippen LogP contribution in [0.15, 0.2) is 23.1 Å². The van der Waals surface area contributed by atoms with E-state index in [0.29, 0.717) is 5.75 Å². The highest BCUT2D eigenvalue weighted by Crippen LogP contribution is 2.33. The van der Waals surface area contributed by atoms with Gasteiger partial charge in [-0.05, 0) is 31.4 Å². The highest BCUT2D eigenvalue weighted by atomic mass is 35.5. The fourth-order valence-corrected chi connectivity index (χ4v) is 1.88. The van der Waals surface area contributed by atoms with E-state index in [4.69, 9.17) is 16.3 Å². The number of Topliss-reactive ketones (excluding diaryl/α,β-unsaturated/α-hetero) is 1. The Morgan fingerprint density at radius 2 is 2.20 bits per heavy atom. The maximum Gasteiger partial charge on any atom is 0.152 e. The van der Waals surface area contributed by atoms with Crippen molar-refractivity contribution < 1.29 is 9.53 Å². The van der Waals surface area contributed by atoms with Gasteiger partial charge in [-0.2, -0.15) is 0 Å². The summed E-state index contributed by atoms with van der Waals surface area (Å²) in [4.78, 5) is 12.3. The molecule has 0 radical (unpaired) electrons. The number of hydrogen-bond donors (Lipinski definition) is 0. The number of benzene rings is 1. The molecule has 0 spiro atoms. The van der Waals surface area contributed by atoms with Gasteiger partial charge in [0, 0.05) is 10.5 Å². The fraction of sp³-hybridized carbons (Fsp3) is 0.364. The Kier molecular flexibility index (Phi) is 4.48. The van der Waals surface area contributed by atoms with Crippen molar-refractivity contribution in [3.63, 3.8) is 0 Å². The normalized spacial score (nSPS) is 12.3. The Morgan fingerprint density at radius 3 is 2.67 bits per heavy atom. The molecule has 1 atom stereocenters. The third kappa shape index (κ3) is 2.89. The first-order valence-corrected chi connectivity index (χ1v) is 6.12. The first kappa shape index (κ1) is 12.4. The van der Waals surface area contributed by atoms with Crippen LogP contribution in [0.1, 0.15) is 17.9 Å². The lowest BCUT2D eigenvalue weighted by Gasteiger charge is -2.12. The van der Waals surface area contributed by atoms with Gasteiger partial charge in [-0.3, -0.25) is 4.79 Å². The molecule has 2 nitrogen and oxygen atoms in total. The highest BCUT2D eigenvalue weighted by molar-refractivity contribution is 7.98. The Balaban J connectivity index is 3.16. The second-order valence-electron chi connectivity index (χ2n) is 3.08. The topological polar surface area (TPSA) is 26.3 Å². The van der Waals surface area contributed by atoms with E-state index in [2.05, 4.69) is 0 Å². The molecule has 0 aromatic heterocycles. The van der Waals surface area contributed by atoms with E-state index in [0.717, 1.165) is 10.5 Å². The SMILES string of the molecule is COc1ccc(SC)cc1C(Cl)C(C)=O. The zero-order chi connectivity index (χ0) is 11.4. The van der Waals surface area contributed by atoms with Crippen molar-refractivity contribution in [3.05, 3.63) is 23.8 Å². The van der Waals surface area contributed by atoms with E-state index < -0.39 is 5.38 Å². The third-order valence-corrected chi connectivity index (χ3v) is 3.33. The molecule has 0 saturated carbocycles. The Hall–Kier alpha value is -0.670. The summed E-state index contributed by atoms with van der Waals surface area (Å²) in [5, 5.41) is -0.632. The van der Waals surface area contributed by atoms with Crippen LogP contribution >= 0.6 is 23.4 Å². The van der Waals surface area contributed by atoms with Crippen molar-refractivity contribution in [1.82, 2.24) is 0 Å². The number of methoxy groups -OCH3 is 1. The van der Waals surface area contributed by atoms with Crippen LogP contribution in [0.2, 0.25) is 0 Å². The lowest BCUT2D eigenvalue weighted by Crippen LogP contribution is -2.04. The minimum Gasteiger partial charge on any atom is -0.496 e. The molecule has 0 bridgehead atoms. The lowest BCUT2D eigenvalue weighted by atomic mass is 10.1. The number of ether oxygens (including phenoxy) is 1. The van der Waals surface area contributed by atoms with Gasteiger partial charge in [-0.15, -0.1) is 23.4 Å². The zero-order valence-corrected chi connectivity index (χ0v) is 10.5. The van der Waals surface area contributed by atoms with Crippen molar-refractivity contribution in [2.45, 2.75) is 17.2 Å². The number of ketones is 1. The lowest BCUT2D eigenvalue weighted by molar-refractivity contribution is -0.116. The van der Waals surface area contributed by atoms with Gasteiger partial charge < -0.3 is 4.74 Å². The van der Waals surface area contributed by atoms with Crippen LogP contribution in [-0.4, -0.2) is 19.1 Å². The van der Waals surface area contributed by atoms with Crippen molar-refractivity contribution in [3.8, 4) is 5.75 Å². The van der Waals surface area contributed by atoms with Crippen LogP contribution in [-0.2, 0) is 4.79 Å². The van der Waals surface area contributed by atoms with Crippen LogP contribution in [0.3, 0.4) is 0 Å². The average molecular weight is 245 g/mol. The van der Waals surface area contributed by atoms with Crippen molar-refractivity contribution in [1.29, 1.82) is 0 Å². The second-order valence-corrected chi connectivity index (χ2v) is 4.40. The number of rotatable bonds is 4. The number of carbonyl (C=O) groups excluding carboxylic acids is 1. The van der Waals surface area contributed by atoms with E-state index in [1.807, 2.05) is 24.5 Å². The summed E-state index contributed by atoms with van der Waals surface area (Å²) in [6, 6.07) is 5.67. The van der Waals surface area contributed by atoms with Gasteiger partial charge in [-0.25, -0.2) is 0 Å². The number of halogens is 1. The summed E-state index contributed by atoms with van der Waals surface area (Å²) < 4.78 is 5.17. The first-order valence-electron chi connectivity index (χ1n) is 4.46. The van der Waals surface area contributed by atoms with Crippen LogP contribution in [0, 0.1) is 0 Å². The highest BCUT2D eigenvalue weighted by Gasteiger charge is 2.18. The molecule has 82 valence electrons. The average Bonchev–Trinajstić information content (AvgIpc) is 2.27. The van der Waals surface area contributed by atoms with Crippen LogP contribution in [0.4, 0.5) is 0 Å².